The van der Waals surface area contributed by atoms with E-state index in [1.165, 1.54) is 0 Å². The van der Waals surface area contributed by atoms with Crippen molar-refractivity contribution in [3.05, 3.63) is 0 Å². The van der Waals surface area contributed by atoms with E-state index < -0.39 is 25.2 Å². The number of rotatable bonds is 3. The van der Waals surface area contributed by atoms with Crippen molar-refractivity contribution in [2.24, 2.45) is 0 Å². The zero-order valence-corrected chi connectivity index (χ0v) is 10.5. The third-order valence-electron chi connectivity index (χ3n) is 0.787. The van der Waals surface area contributed by atoms with Crippen molar-refractivity contribution >= 4 is 54.8 Å². The molecule has 0 saturated carbocycles. The fourth-order valence-corrected chi connectivity index (χ4v) is 0.479. The maximum atomic E-state index is 10.4. The van der Waals surface area contributed by atoms with E-state index in [4.69, 9.17) is 0 Å². The summed E-state index contributed by atoms with van der Waals surface area (Å²) in [5.74, 6) is -2.15. The first kappa shape index (κ1) is 15.9. The summed E-state index contributed by atoms with van der Waals surface area (Å²) in [4.78, 5) is 31.2. The smallest absolute Gasteiger partial charge is 0.526 e. The van der Waals surface area contributed by atoms with Crippen LogP contribution in [-0.4, -0.2) is 54.8 Å². The number of hydrogen-bond acceptors (Lipinski definition) is 6. The Morgan fingerprint density at radius 2 is 1.00 bits per heavy atom. The maximum Gasteiger partial charge on any atom is 0.526 e. The van der Waals surface area contributed by atoms with Gasteiger partial charge in [0.05, 0.1) is 0 Å². The van der Waals surface area contributed by atoms with E-state index in [0.29, 0.717) is 0 Å². The van der Waals surface area contributed by atoms with E-state index in [-0.39, 0.29) is 29.6 Å². The Balaban J connectivity index is 0. The standard InChI is InChI=1S/C6H9BO6.Na/c1-4(8)11-7(12-5(2)9)13-6(3)10;/h1-3H3;/q-1;. The molecule has 0 aromatic carbocycles. The van der Waals surface area contributed by atoms with Crippen LogP contribution < -0.4 is 0 Å². The molecule has 0 amide bonds. The van der Waals surface area contributed by atoms with Crippen molar-refractivity contribution in [3.8, 4) is 0 Å². The fraction of sp³-hybridized carbons (Fsp3) is 0.500. The van der Waals surface area contributed by atoms with Crippen molar-refractivity contribution in [1.29, 1.82) is 0 Å². The number of carbonyl (C=O) groups is 3. The number of carbonyl (C=O) groups excluding carboxylic acids is 3. The van der Waals surface area contributed by atoms with E-state index in [1.54, 1.807) is 0 Å². The summed E-state index contributed by atoms with van der Waals surface area (Å²) in [7, 11) is -1.59. The molecule has 8 heteroatoms. The molecule has 0 bridgehead atoms. The average Bonchev–Trinajstić information content (AvgIpc) is 1.80. The first-order valence-corrected chi connectivity index (χ1v) is 3.43. The van der Waals surface area contributed by atoms with Gasteiger partial charge in [-0.3, -0.25) is 14.4 Å². The van der Waals surface area contributed by atoms with E-state index in [9.17, 15) is 14.4 Å². The summed E-state index contributed by atoms with van der Waals surface area (Å²) in [5, 5.41) is 0. The van der Waals surface area contributed by atoms with Crippen LogP contribution in [0.4, 0.5) is 0 Å². The monoisotopic (exact) mass is 211 g/mol. The predicted molar refractivity (Wildman–Crippen MR) is 46.8 cm³/mol. The fourth-order valence-electron chi connectivity index (χ4n) is 0.479. The molecule has 0 rings (SSSR count). The quantitative estimate of drug-likeness (QED) is 0.573. The molecule has 0 aliphatic rings. The Morgan fingerprint density at radius 3 is 1.14 bits per heavy atom. The summed E-state index contributed by atoms with van der Waals surface area (Å²) in [5.41, 5.74) is 0. The third-order valence-corrected chi connectivity index (χ3v) is 0.787. The summed E-state index contributed by atoms with van der Waals surface area (Å²) in [6, 6.07) is 0. The van der Waals surface area contributed by atoms with Crippen LogP contribution in [0.5, 0.6) is 0 Å². The van der Waals surface area contributed by atoms with Crippen LogP contribution in [0.15, 0.2) is 0 Å². The maximum absolute atomic E-state index is 10.4. The molecule has 0 N–H and O–H groups in total. The molecule has 0 aromatic rings. The van der Waals surface area contributed by atoms with Crippen molar-refractivity contribution in [2.75, 3.05) is 0 Å². The summed E-state index contributed by atoms with van der Waals surface area (Å²) >= 11 is 0. The molecule has 0 aliphatic heterocycles. The van der Waals surface area contributed by atoms with Crippen LogP contribution >= 0.6 is 0 Å². The third kappa shape index (κ3) is 9.56. The van der Waals surface area contributed by atoms with Gasteiger partial charge in [-0.25, -0.2) is 0 Å². The molecule has 0 unspecified atom stereocenters. The van der Waals surface area contributed by atoms with Gasteiger partial charge < -0.3 is 14.0 Å². The number of hydrogen-bond donors (Lipinski definition) is 0. The van der Waals surface area contributed by atoms with Gasteiger partial charge in [0.15, 0.2) is 0 Å². The van der Waals surface area contributed by atoms with Crippen LogP contribution in [0.25, 0.3) is 0 Å². The molecule has 0 atom stereocenters. The second-order valence-electron chi connectivity index (χ2n) is 2.12. The molecule has 6 nitrogen and oxygen atoms in total. The first-order valence-electron chi connectivity index (χ1n) is 3.43. The minimum Gasteiger partial charge on any atom is -0.642 e. The van der Waals surface area contributed by atoms with Crippen molar-refractivity contribution < 1.29 is 28.3 Å². The van der Waals surface area contributed by atoms with E-state index in [1.807, 2.05) is 0 Å². The minimum absolute atomic E-state index is 0. The molecule has 0 fully saturated rings. The zero-order valence-electron chi connectivity index (χ0n) is 8.53. The largest absolute Gasteiger partial charge is 0.642 e. The molecule has 0 aromatic heterocycles. The molecular weight excluding hydrogens is 202 g/mol. The van der Waals surface area contributed by atoms with Crippen LogP contribution in [0.1, 0.15) is 20.8 Å². The molecule has 14 heavy (non-hydrogen) atoms. The summed E-state index contributed by atoms with van der Waals surface area (Å²) in [6.45, 7) is 3.29. The topological polar surface area (TPSA) is 78.9 Å². The van der Waals surface area contributed by atoms with Gasteiger partial charge in [0.1, 0.15) is 0 Å². The molecule has 0 heterocycles. The van der Waals surface area contributed by atoms with Crippen molar-refractivity contribution in [2.45, 2.75) is 20.8 Å². The molecule has 0 aliphatic carbocycles. The summed E-state index contributed by atoms with van der Waals surface area (Å²) in [6.07, 6.45) is 0. The van der Waals surface area contributed by atoms with E-state index in [2.05, 4.69) is 14.0 Å². The van der Waals surface area contributed by atoms with Gasteiger partial charge in [0, 0.05) is 50.3 Å². The van der Waals surface area contributed by atoms with E-state index in [0.717, 1.165) is 20.8 Å². The van der Waals surface area contributed by atoms with Gasteiger partial charge in [-0.2, -0.15) is 0 Å². The Labute approximate surface area is 104 Å². The van der Waals surface area contributed by atoms with Gasteiger partial charge in [0.25, 0.3) is 17.9 Å². The van der Waals surface area contributed by atoms with Gasteiger partial charge >= 0.3 is 7.32 Å². The minimum atomic E-state index is -1.59. The first-order chi connectivity index (χ1) is 5.91. The second kappa shape index (κ2) is 7.84. The average molecular weight is 211 g/mol. The van der Waals surface area contributed by atoms with Crippen LogP contribution in [0, 0.1) is 0 Å². The van der Waals surface area contributed by atoms with E-state index >= 15 is 0 Å². The van der Waals surface area contributed by atoms with Crippen LogP contribution in [-0.2, 0) is 28.3 Å². The zero-order chi connectivity index (χ0) is 10.4. The Hall–Kier alpha value is -0.525. The molecular formula is C6H9BNaO6-. The van der Waals surface area contributed by atoms with Gasteiger partial charge in [-0.05, 0) is 0 Å². The molecule has 0 spiro atoms. The Morgan fingerprint density at radius 1 is 0.786 bits per heavy atom. The Kier molecular flexibility index (Phi) is 8.92. The Bertz CT molecular complexity index is 192. The van der Waals surface area contributed by atoms with Crippen LogP contribution in [0.2, 0.25) is 0 Å². The SMILES string of the molecule is CC(=O)O[B-](OC(C)=O)OC(C)=O.[Na]. The molecule has 2 radical (unpaired) electrons. The van der Waals surface area contributed by atoms with Crippen molar-refractivity contribution in [1.82, 2.24) is 0 Å². The summed E-state index contributed by atoms with van der Waals surface area (Å²) < 4.78 is 13.0. The predicted octanol–water partition coefficient (Wildman–Crippen LogP) is -0.720. The molecule has 74 valence electrons. The van der Waals surface area contributed by atoms with Crippen molar-refractivity contribution in [3.63, 3.8) is 0 Å². The second-order valence-corrected chi connectivity index (χ2v) is 2.12. The van der Waals surface area contributed by atoms with Gasteiger partial charge in [-0.15, -0.1) is 0 Å². The van der Waals surface area contributed by atoms with Gasteiger partial charge in [-0.1, -0.05) is 0 Å². The van der Waals surface area contributed by atoms with Crippen LogP contribution in [0.3, 0.4) is 0 Å². The van der Waals surface area contributed by atoms with Gasteiger partial charge in [0.2, 0.25) is 0 Å². The normalized spacial score (nSPS) is 8.57. The molecule has 0 saturated heterocycles.